The van der Waals surface area contributed by atoms with Gasteiger partial charge in [-0.3, -0.25) is 4.79 Å². The first kappa shape index (κ1) is 29.1. The van der Waals surface area contributed by atoms with E-state index < -0.39 is 5.91 Å². The predicted octanol–water partition coefficient (Wildman–Crippen LogP) is 3.65. The molecule has 12 nitrogen and oxygen atoms in total. The zero-order valence-corrected chi connectivity index (χ0v) is 24.5. The molecule has 2 atom stereocenters. The van der Waals surface area contributed by atoms with Crippen molar-refractivity contribution in [1.29, 1.82) is 0 Å². The van der Waals surface area contributed by atoms with Gasteiger partial charge in [0.1, 0.15) is 23.1 Å². The van der Waals surface area contributed by atoms with Crippen molar-refractivity contribution in [3.8, 4) is 22.9 Å². The van der Waals surface area contributed by atoms with E-state index in [1.807, 2.05) is 11.0 Å². The van der Waals surface area contributed by atoms with Crippen LogP contribution < -0.4 is 25.0 Å². The van der Waals surface area contributed by atoms with Crippen molar-refractivity contribution in [2.45, 2.75) is 24.4 Å². The van der Waals surface area contributed by atoms with Gasteiger partial charge in [0.15, 0.2) is 5.82 Å². The molecule has 41 heavy (non-hydrogen) atoms. The number of carbonyl (C=O) groups is 1. The number of anilines is 2. The summed E-state index contributed by atoms with van der Waals surface area (Å²) in [7, 11) is 6.15. The fourth-order valence-corrected chi connectivity index (χ4v) is 5.62. The van der Waals surface area contributed by atoms with Crippen LogP contribution in [0.3, 0.4) is 0 Å². The fraction of sp³-hybridized carbons (Fsp3) is 0.407. The van der Waals surface area contributed by atoms with Gasteiger partial charge < -0.3 is 39.2 Å². The number of amides is 1. The Morgan fingerprint density at radius 3 is 2.37 bits per heavy atom. The molecule has 4 heterocycles. The second kappa shape index (κ2) is 11.8. The van der Waals surface area contributed by atoms with Gasteiger partial charge in [0.05, 0.1) is 66.8 Å². The molecular weight excluding hydrogens is 575 g/mol. The molecule has 0 unspecified atom stereocenters. The predicted molar refractivity (Wildman–Crippen MR) is 155 cm³/mol. The van der Waals surface area contributed by atoms with Crippen LogP contribution >= 0.6 is 23.2 Å². The monoisotopic (exact) mass is 604 g/mol. The van der Waals surface area contributed by atoms with E-state index in [0.717, 1.165) is 0 Å². The number of nitrogens with one attached hydrogen (secondary N) is 2. The Morgan fingerprint density at radius 2 is 1.78 bits per heavy atom. The summed E-state index contributed by atoms with van der Waals surface area (Å²) in [6.07, 6.45) is 3.47. The molecule has 2 N–H and O–H groups in total. The van der Waals surface area contributed by atoms with Gasteiger partial charge in [-0.15, -0.1) is 0 Å². The molecule has 2 saturated heterocycles. The van der Waals surface area contributed by atoms with Gasteiger partial charge in [0.2, 0.25) is 5.91 Å². The molecule has 1 amide bonds. The van der Waals surface area contributed by atoms with E-state index in [4.69, 9.17) is 56.9 Å². The average Bonchev–Trinajstić information content (AvgIpc) is 3.39. The molecule has 2 aliphatic heterocycles. The van der Waals surface area contributed by atoms with Gasteiger partial charge >= 0.3 is 0 Å². The molecular formula is C27H30Cl2N6O6. The third kappa shape index (κ3) is 5.22. The van der Waals surface area contributed by atoms with Crippen LogP contribution in [0.15, 0.2) is 31.0 Å². The summed E-state index contributed by atoms with van der Waals surface area (Å²) in [5.74, 6) is 0.731. The lowest BCUT2D eigenvalue weighted by Crippen LogP contribution is -2.63. The van der Waals surface area contributed by atoms with Crippen molar-refractivity contribution in [2.24, 2.45) is 0 Å². The van der Waals surface area contributed by atoms with Crippen LogP contribution in [0.1, 0.15) is 6.42 Å². The first-order chi connectivity index (χ1) is 19.8. The minimum absolute atomic E-state index is 0.213. The molecule has 0 radical (unpaired) electrons. The van der Waals surface area contributed by atoms with Crippen LogP contribution in [0.2, 0.25) is 10.0 Å². The van der Waals surface area contributed by atoms with Crippen LogP contribution in [0.5, 0.6) is 11.5 Å². The minimum Gasteiger partial charge on any atom is -0.495 e. The summed E-state index contributed by atoms with van der Waals surface area (Å²) in [6, 6.07) is 2.97. The van der Waals surface area contributed by atoms with Crippen molar-refractivity contribution in [1.82, 2.24) is 20.3 Å². The topological polar surface area (TPSA) is 129 Å². The first-order valence-corrected chi connectivity index (χ1v) is 13.5. The second-order valence-corrected chi connectivity index (χ2v) is 10.1. The summed E-state index contributed by atoms with van der Waals surface area (Å²) in [6.45, 7) is 4.88. The summed E-state index contributed by atoms with van der Waals surface area (Å²) < 4.78 is 28.0. The summed E-state index contributed by atoms with van der Waals surface area (Å²) in [5.41, 5.74) is 0.872. The molecule has 1 aromatic carbocycles. The SMILES string of the molecule is C=CC(=O)N[C@H]1COC[C@H]1Nc1cc2c(N3CCC3(OC)OC)nc(-c3c(Cl)c(OC)cc(OC)c3Cl)nc2cn1. The highest BCUT2D eigenvalue weighted by atomic mass is 35.5. The fourth-order valence-electron chi connectivity index (χ4n) is 4.95. The lowest BCUT2D eigenvalue weighted by molar-refractivity contribution is -0.238. The number of methoxy groups -OCH3 is 4. The van der Waals surface area contributed by atoms with E-state index in [9.17, 15) is 4.79 Å². The van der Waals surface area contributed by atoms with Crippen LogP contribution in [-0.2, 0) is 19.0 Å². The second-order valence-electron chi connectivity index (χ2n) is 9.37. The largest absolute Gasteiger partial charge is 0.495 e. The Morgan fingerprint density at radius 1 is 1.10 bits per heavy atom. The standard InChI is InChI=1S/C27H30Cl2N6O6/c1-6-21(36)32-17-13-41-12-16(17)31-20-9-14-15(11-30-20)33-25(34-26(14)35-8-7-27(35,39-4)40-5)22-23(28)18(37-2)10-19(38-3)24(22)29/h6,9-11,16-17H,1,7-8,12-13H2,2-5H3,(H,30,31)(H,32,36)/t16-,17+/m1/s1. The van der Waals surface area contributed by atoms with E-state index in [1.54, 1.807) is 26.5 Å². The van der Waals surface area contributed by atoms with Crippen molar-refractivity contribution in [3.05, 3.63) is 41.0 Å². The molecule has 2 aromatic heterocycles. The van der Waals surface area contributed by atoms with E-state index in [-0.39, 0.29) is 33.9 Å². The molecule has 2 aliphatic rings. The van der Waals surface area contributed by atoms with Crippen molar-refractivity contribution in [2.75, 3.05) is 58.4 Å². The number of benzene rings is 1. The number of pyridine rings is 1. The Kier molecular flexibility index (Phi) is 8.39. The van der Waals surface area contributed by atoms with Crippen molar-refractivity contribution < 1.29 is 28.5 Å². The zero-order valence-electron chi connectivity index (χ0n) is 23.0. The number of fused-ring (bicyclic) bond motifs is 1. The molecule has 5 rings (SSSR count). The average molecular weight is 605 g/mol. The van der Waals surface area contributed by atoms with Gasteiger partial charge in [-0.2, -0.15) is 0 Å². The maximum Gasteiger partial charge on any atom is 0.254 e. The molecule has 0 aliphatic carbocycles. The lowest BCUT2D eigenvalue weighted by Gasteiger charge is -2.50. The molecule has 0 bridgehead atoms. The smallest absolute Gasteiger partial charge is 0.254 e. The highest BCUT2D eigenvalue weighted by Gasteiger charge is 2.48. The van der Waals surface area contributed by atoms with E-state index in [2.05, 4.69) is 22.2 Å². The van der Waals surface area contributed by atoms with Crippen molar-refractivity contribution in [3.63, 3.8) is 0 Å². The van der Waals surface area contributed by atoms with Crippen molar-refractivity contribution >= 4 is 51.6 Å². The maximum atomic E-state index is 11.9. The number of aromatic nitrogens is 3. The normalized spacial score (nSPS) is 19.5. The molecule has 0 spiro atoms. The van der Waals surface area contributed by atoms with Crippen LogP contribution in [-0.4, -0.2) is 87.1 Å². The quantitative estimate of drug-likeness (QED) is 0.260. The Hall–Kier alpha value is -3.42. The molecule has 3 aromatic rings. The van der Waals surface area contributed by atoms with Gasteiger partial charge in [-0.05, 0) is 12.1 Å². The molecule has 2 fully saturated rings. The van der Waals surface area contributed by atoms with Gasteiger partial charge in [0.25, 0.3) is 5.91 Å². The van der Waals surface area contributed by atoms with Gasteiger partial charge in [-0.1, -0.05) is 29.8 Å². The highest BCUT2D eigenvalue weighted by molar-refractivity contribution is 6.41. The molecule has 218 valence electrons. The van der Waals surface area contributed by atoms with Crippen LogP contribution in [0.4, 0.5) is 11.6 Å². The molecule has 0 saturated carbocycles. The zero-order chi connectivity index (χ0) is 29.3. The first-order valence-electron chi connectivity index (χ1n) is 12.7. The third-order valence-electron chi connectivity index (χ3n) is 7.24. The number of hydrogen-bond donors (Lipinski definition) is 2. The molecule has 14 heteroatoms. The summed E-state index contributed by atoms with van der Waals surface area (Å²) in [5, 5.41) is 7.39. The van der Waals surface area contributed by atoms with E-state index in [1.165, 1.54) is 20.3 Å². The minimum atomic E-state index is -1.02. The Bertz CT molecular complexity index is 1450. The lowest BCUT2D eigenvalue weighted by atomic mass is 10.1. The number of ether oxygens (including phenoxy) is 5. The number of carbonyl (C=O) groups excluding carboxylic acids is 1. The number of halogens is 2. The number of hydrogen-bond acceptors (Lipinski definition) is 11. The van der Waals surface area contributed by atoms with Crippen LogP contribution in [0, 0.1) is 0 Å². The number of nitrogens with zero attached hydrogens (tertiary/aromatic N) is 4. The Balaban J connectivity index is 1.63. The van der Waals surface area contributed by atoms with Crippen LogP contribution in [0.25, 0.3) is 22.3 Å². The highest BCUT2D eigenvalue weighted by Crippen LogP contribution is 2.47. The van der Waals surface area contributed by atoms with Gasteiger partial charge in [0, 0.05) is 38.6 Å². The maximum absolute atomic E-state index is 11.9. The summed E-state index contributed by atoms with van der Waals surface area (Å²) in [4.78, 5) is 28.1. The Labute approximate surface area is 246 Å². The van der Waals surface area contributed by atoms with E-state index >= 15 is 0 Å². The summed E-state index contributed by atoms with van der Waals surface area (Å²) >= 11 is 13.4. The van der Waals surface area contributed by atoms with E-state index in [0.29, 0.717) is 65.8 Å². The number of rotatable bonds is 10. The third-order valence-corrected chi connectivity index (χ3v) is 7.99. The van der Waals surface area contributed by atoms with Gasteiger partial charge in [-0.25, -0.2) is 15.0 Å².